The predicted octanol–water partition coefficient (Wildman–Crippen LogP) is 1.07. The minimum absolute atomic E-state index is 0.0242. The molecule has 0 unspecified atom stereocenters. The number of imide groups is 1. The SMILES string of the molecule is O=C([C@H]1CN[C@H](CO)C1)N1C(=O)[C@@]2(CCNC2)c2cc(Cl)c(Cl)cc21. The van der Waals surface area contributed by atoms with E-state index in [4.69, 9.17) is 23.2 Å². The van der Waals surface area contributed by atoms with E-state index in [2.05, 4.69) is 10.6 Å². The molecule has 25 heavy (non-hydrogen) atoms. The molecule has 0 aliphatic carbocycles. The molecule has 8 heteroatoms. The molecule has 0 saturated carbocycles. The number of nitrogens with one attached hydrogen (secondary N) is 2. The van der Waals surface area contributed by atoms with Gasteiger partial charge in [-0.2, -0.15) is 0 Å². The van der Waals surface area contributed by atoms with Gasteiger partial charge in [-0.25, -0.2) is 4.90 Å². The summed E-state index contributed by atoms with van der Waals surface area (Å²) in [7, 11) is 0. The largest absolute Gasteiger partial charge is 0.395 e. The lowest BCUT2D eigenvalue weighted by molar-refractivity contribution is -0.130. The summed E-state index contributed by atoms with van der Waals surface area (Å²) in [5, 5.41) is 16.3. The van der Waals surface area contributed by atoms with Gasteiger partial charge in [-0.05, 0) is 37.1 Å². The van der Waals surface area contributed by atoms with Gasteiger partial charge in [-0.1, -0.05) is 23.2 Å². The number of hydrogen-bond acceptors (Lipinski definition) is 5. The molecule has 3 aliphatic heterocycles. The summed E-state index contributed by atoms with van der Waals surface area (Å²) in [5.41, 5.74) is 0.567. The first-order chi connectivity index (χ1) is 12.0. The molecule has 4 rings (SSSR count). The van der Waals surface area contributed by atoms with E-state index in [1.165, 1.54) is 4.90 Å². The van der Waals surface area contributed by atoms with E-state index in [-0.39, 0.29) is 30.4 Å². The first-order valence-electron chi connectivity index (χ1n) is 8.41. The molecule has 3 atom stereocenters. The Morgan fingerprint density at radius 3 is 2.76 bits per heavy atom. The van der Waals surface area contributed by atoms with E-state index in [0.29, 0.717) is 48.2 Å². The molecule has 3 N–H and O–H groups in total. The van der Waals surface area contributed by atoms with Crippen molar-refractivity contribution in [1.82, 2.24) is 10.6 Å². The minimum Gasteiger partial charge on any atom is -0.395 e. The average Bonchev–Trinajstić information content (AvgIpc) is 3.30. The van der Waals surface area contributed by atoms with Crippen molar-refractivity contribution in [3.63, 3.8) is 0 Å². The first kappa shape index (κ1) is 17.2. The number of aliphatic hydroxyl groups excluding tert-OH is 1. The van der Waals surface area contributed by atoms with Crippen LogP contribution in [0.2, 0.25) is 10.0 Å². The molecule has 0 bridgehead atoms. The predicted molar refractivity (Wildman–Crippen MR) is 95.1 cm³/mol. The van der Waals surface area contributed by atoms with Crippen LogP contribution in [0.25, 0.3) is 0 Å². The Balaban J connectivity index is 1.76. The number of rotatable bonds is 2. The van der Waals surface area contributed by atoms with Crippen molar-refractivity contribution in [3.8, 4) is 0 Å². The Hall–Kier alpha value is -1.18. The summed E-state index contributed by atoms with van der Waals surface area (Å²) in [6.07, 6.45) is 1.14. The smallest absolute Gasteiger partial charge is 0.245 e. The van der Waals surface area contributed by atoms with E-state index in [9.17, 15) is 14.7 Å². The molecule has 6 nitrogen and oxygen atoms in total. The Bertz CT molecular complexity index is 749. The monoisotopic (exact) mass is 383 g/mol. The number of nitrogens with zero attached hydrogens (tertiary/aromatic N) is 1. The maximum absolute atomic E-state index is 13.3. The van der Waals surface area contributed by atoms with Crippen LogP contribution in [0, 0.1) is 5.92 Å². The zero-order chi connectivity index (χ0) is 17.8. The topological polar surface area (TPSA) is 81.7 Å². The van der Waals surface area contributed by atoms with E-state index in [1.807, 2.05) is 0 Å². The highest BCUT2D eigenvalue weighted by atomic mass is 35.5. The van der Waals surface area contributed by atoms with E-state index >= 15 is 0 Å². The molecule has 1 spiro atoms. The summed E-state index contributed by atoms with van der Waals surface area (Å²) in [5.74, 6) is -0.784. The summed E-state index contributed by atoms with van der Waals surface area (Å²) in [6, 6.07) is 3.23. The normalized spacial score (nSPS) is 31.2. The molecular weight excluding hydrogens is 365 g/mol. The Labute approximate surface area is 155 Å². The number of carbonyl (C=O) groups is 2. The molecule has 2 amide bonds. The third-order valence-electron chi connectivity index (χ3n) is 5.57. The molecule has 3 aliphatic rings. The third-order valence-corrected chi connectivity index (χ3v) is 6.30. The van der Waals surface area contributed by atoms with Gasteiger partial charge in [-0.15, -0.1) is 0 Å². The van der Waals surface area contributed by atoms with Gasteiger partial charge >= 0.3 is 0 Å². The van der Waals surface area contributed by atoms with Crippen molar-refractivity contribution in [3.05, 3.63) is 27.7 Å². The second kappa shape index (κ2) is 6.21. The number of aliphatic hydroxyl groups is 1. The highest BCUT2D eigenvalue weighted by molar-refractivity contribution is 6.42. The van der Waals surface area contributed by atoms with Gasteiger partial charge in [-0.3, -0.25) is 9.59 Å². The molecule has 3 heterocycles. The molecule has 1 aromatic rings. The van der Waals surface area contributed by atoms with Crippen LogP contribution in [-0.2, 0) is 15.0 Å². The number of fused-ring (bicyclic) bond motifs is 2. The number of carbonyl (C=O) groups excluding carboxylic acids is 2. The molecule has 134 valence electrons. The number of amides is 2. The number of anilines is 1. The summed E-state index contributed by atoms with van der Waals surface area (Å²) in [6.45, 7) is 1.63. The van der Waals surface area contributed by atoms with Crippen LogP contribution in [-0.4, -0.2) is 49.2 Å². The first-order valence-corrected chi connectivity index (χ1v) is 9.16. The molecule has 1 aromatic carbocycles. The lowest BCUT2D eigenvalue weighted by atomic mass is 9.81. The summed E-state index contributed by atoms with van der Waals surface area (Å²) in [4.78, 5) is 27.7. The van der Waals surface area contributed by atoms with Crippen LogP contribution in [0.3, 0.4) is 0 Å². The number of benzene rings is 1. The van der Waals surface area contributed by atoms with Gasteiger partial charge in [0.25, 0.3) is 0 Å². The Kier molecular flexibility index (Phi) is 4.29. The number of halogens is 2. The highest BCUT2D eigenvalue weighted by Gasteiger charge is 2.55. The minimum atomic E-state index is -0.748. The molecule has 0 radical (unpaired) electrons. The van der Waals surface area contributed by atoms with Gasteiger partial charge in [0, 0.05) is 19.1 Å². The van der Waals surface area contributed by atoms with Crippen molar-refractivity contribution in [2.24, 2.45) is 5.92 Å². The zero-order valence-corrected chi connectivity index (χ0v) is 15.0. The van der Waals surface area contributed by atoms with Crippen LogP contribution in [0.15, 0.2) is 12.1 Å². The van der Waals surface area contributed by atoms with E-state index < -0.39 is 5.41 Å². The lowest BCUT2D eigenvalue weighted by Crippen LogP contribution is -2.46. The molecule has 2 saturated heterocycles. The number of hydrogen-bond donors (Lipinski definition) is 3. The second-order valence-electron chi connectivity index (χ2n) is 6.99. The fourth-order valence-electron chi connectivity index (χ4n) is 4.20. The van der Waals surface area contributed by atoms with Crippen LogP contribution >= 0.6 is 23.2 Å². The van der Waals surface area contributed by atoms with Crippen LogP contribution in [0.5, 0.6) is 0 Å². The molecule has 2 fully saturated rings. The van der Waals surface area contributed by atoms with Crippen molar-refractivity contribution < 1.29 is 14.7 Å². The van der Waals surface area contributed by atoms with Crippen molar-refractivity contribution >= 4 is 40.7 Å². The van der Waals surface area contributed by atoms with Gasteiger partial charge in [0.2, 0.25) is 11.8 Å². The maximum atomic E-state index is 13.3. The maximum Gasteiger partial charge on any atom is 0.245 e. The average molecular weight is 384 g/mol. The third kappa shape index (κ3) is 2.51. The van der Waals surface area contributed by atoms with Gasteiger partial charge in [0.1, 0.15) is 0 Å². The fourth-order valence-corrected chi connectivity index (χ4v) is 4.52. The van der Waals surface area contributed by atoms with Crippen molar-refractivity contribution in [2.45, 2.75) is 24.3 Å². The molecular formula is C17H19Cl2N3O3. The van der Waals surface area contributed by atoms with Gasteiger partial charge < -0.3 is 15.7 Å². The van der Waals surface area contributed by atoms with Crippen molar-refractivity contribution in [2.75, 3.05) is 31.1 Å². The Morgan fingerprint density at radius 1 is 1.36 bits per heavy atom. The molecule has 0 aromatic heterocycles. The van der Waals surface area contributed by atoms with Gasteiger partial charge in [0.05, 0.1) is 33.7 Å². The van der Waals surface area contributed by atoms with Crippen LogP contribution in [0.1, 0.15) is 18.4 Å². The van der Waals surface area contributed by atoms with Gasteiger partial charge in [0.15, 0.2) is 0 Å². The zero-order valence-electron chi connectivity index (χ0n) is 13.5. The highest BCUT2D eigenvalue weighted by Crippen LogP contribution is 2.48. The van der Waals surface area contributed by atoms with Crippen LogP contribution in [0.4, 0.5) is 5.69 Å². The summed E-state index contributed by atoms with van der Waals surface area (Å²) >= 11 is 12.4. The van der Waals surface area contributed by atoms with Crippen LogP contribution < -0.4 is 15.5 Å². The quantitative estimate of drug-likeness (QED) is 0.665. The van der Waals surface area contributed by atoms with E-state index in [0.717, 1.165) is 5.56 Å². The standard InChI is InChI=1S/C17H19Cl2N3O3/c18-12-4-11-14(5-13(12)19)22(16(25)17(11)1-2-20-8-17)15(24)9-3-10(7-23)21-6-9/h4-5,9-10,20-21,23H,1-3,6-8H2/t9-,10+,17-/m1/s1. The fraction of sp³-hybridized carbons (Fsp3) is 0.529. The second-order valence-corrected chi connectivity index (χ2v) is 7.81. The summed E-state index contributed by atoms with van der Waals surface area (Å²) < 4.78 is 0. The van der Waals surface area contributed by atoms with E-state index in [1.54, 1.807) is 12.1 Å². The Morgan fingerprint density at radius 2 is 2.12 bits per heavy atom. The van der Waals surface area contributed by atoms with Crippen molar-refractivity contribution in [1.29, 1.82) is 0 Å². The lowest BCUT2D eigenvalue weighted by Gasteiger charge is -2.23.